The molecule has 1 aliphatic carbocycles. The monoisotopic (exact) mass is 324 g/mol. The average molecular weight is 324 g/mol. The van der Waals surface area contributed by atoms with E-state index in [1.165, 1.54) is 25.7 Å². The van der Waals surface area contributed by atoms with Crippen molar-refractivity contribution in [3.63, 3.8) is 0 Å². The van der Waals surface area contributed by atoms with Crippen LogP contribution < -0.4 is 0 Å². The number of halogens is 2. The van der Waals surface area contributed by atoms with Gasteiger partial charge in [-0.15, -0.1) is 0 Å². The van der Waals surface area contributed by atoms with Crippen LogP contribution in [0.2, 0.25) is 0 Å². The van der Waals surface area contributed by atoms with Crippen molar-refractivity contribution in [2.75, 3.05) is 26.2 Å². The number of hydrogen-bond acceptors (Lipinski definition) is 3. The summed E-state index contributed by atoms with van der Waals surface area (Å²) in [6, 6.07) is 5.33. The molecular weight excluding hydrogens is 298 g/mol. The zero-order valence-electron chi connectivity index (χ0n) is 13.6. The van der Waals surface area contributed by atoms with Crippen LogP contribution in [0.25, 0.3) is 0 Å². The molecule has 1 aromatic rings. The van der Waals surface area contributed by atoms with Crippen molar-refractivity contribution >= 4 is 0 Å². The van der Waals surface area contributed by atoms with Gasteiger partial charge in [0.25, 0.3) is 0 Å². The third-order valence-corrected chi connectivity index (χ3v) is 5.29. The summed E-state index contributed by atoms with van der Waals surface area (Å²) < 4.78 is 27.2. The van der Waals surface area contributed by atoms with Gasteiger partial charge in [-0.2, -0.15) is 0 Å². The Bertz CT molecular complexity index is 520. The summed E-state index contributed by atoms with van der Waals surface area (Å²) in [6.07, 6.45) is 5.84. The lowest BCUT2D eigenvalue weighted by Gasteiger charge is -2.44. The summed E-state index contributed by atoms with van der Waals surface area (Å²) in [4.78, 5) is 4.73. The number of aliphatic hydroxyl groups is 1. The molecule has 0 radical (unpaired) electrons. The molecule has 1 saturated carbocycles. The number of piperazine rings is 1. The molecule has 0 spiro atoms. The predicted octanol–water partition coefficient (Wildman–Crippen LogP) is 2.78. The fourth-order valence-corrected chi connectivity index (χ4v) is 4.11. The second-order valence-corrected chi connectivity index (χ2v) is 6.79. The summed E-state index contributed by atoms with van der Waals surface area (Å²) in [5, 5.41) is 9.38. The Kier molecular flexibility index (Phi) is 5.62. The quantitative estimate of drug-likeness (QED) is 0.902. The molecule has 3 rings (SSSR count). The van der Waals surface area contributed by atoms with Gasteiger partial charge in [0.2, 0.25) is 0 Å². The first-order valence-electron chi connectivity index (χ1n) is 8.71. The largest absolute Gasteiger partial charge is 0.396 e. The second-order valence-electron chi connectivity index (χ2n) is 6.79. The van der Waals surface area contributed by atoms with E-state index in [0.29, 0.717) is 24.2 Å². The fraction of sp³-hybridized carbons (Fsp3) is 0.667. The molecule has 1 atom stereocenters. The van der Waals surface area contributed by atoms with Gasteiger partial charge in [0, 0.05) is 50.4 Å². The molecule has 1 N–H and O–H groups in total. The van der Waals surface area contributed by atoms with Crippen LogP contribution in [0.15, 0.2) is 18.2 Å². The Labute approximate surface area is 136 Å². The summed E-state index contributed by atoms with van der Waals surface area (Å²) in [5.41, 5.74) is 0.419. The molecule has 1 aliphatic heterocycles. The minimum atomic E-state index is -0.779. The van der Waals surface area contributed by atoms with Gasteiger partial charge in [-0.1, -0.05) is 25.0 Å². The highest BCUT2D eigenvalue weighted by molar-refractivity contribution is 5.19. The molecule has 1 unspecified atom stereocenters. The molecule has 3 nitrogen and oxygen atoms in total. The van der Waals surface area contributed by atoms with Crippen LogP contribution in [-0.2, 0) is 6.54 Å². The molecule has 0 bridgehead atoms. The molecule has 1 saturated heterocycles. The Morgan fingerprint density at radius 2 is 1.91 bits per heavy atom. The van der Waals surface area contributed by atoms with Crippen LogP contribution in [0.4, 0.5) is 8.78 Å². The van der Waals surface area contributed by atoms with Crippen molar-refractivity contribution in [2.45, 2.75) is 50.7 Å². The molecule has 2 fully saturated rings. The average Bonchev–Trinajstić information content (AvgIpc) is 3.07. The van der Waals surface area contributed by atoms with Crippen LogP contribution in [0.5, 0.6) is 0 Å². The minimum Gasteiger partial charge on any atom is -0.396 e. The second kappa shape index (κ2) is 7.69. The third kappa shape index (κ3) is 3.90. The van der Waals surface area contributed by atoms with Crippen molar-refractivity contribution in [1.29, 1.82) is 0 Å². The maximum absolute atomic E-state index is 13.9. The molecule has 23 heavy (non-hydrogen) atoms. The lowest BCUT2D eigenvalue weighted by atomic mass is 10.0. The zero-order valence-corrected chi connectivity index (χ0v) is 13.6. The highest BCUT2D eigenvalue weighted by Gasteiger charge is 2.33. The van der Waals surface area contributed by atoms with Gasteiger partial charge in [-0.05, 0) is 25.3 Å². The Balaban J connectivity index is 1.65. The highest BCUT2D eigenvalue weighted by atomic mass is 19.2. The number of aliphatic hydroxyl groups excluding tert-OH is 1. The molecule has 1 aromatic carbocycles. The molecule has 128 valence electrons. The molecule has 5 heteroatoms. The van der Waals surface area contributed by atoms with Crippen molar-refractivity contribution in [3.8, 4) is 0 Å². The summed E-state index contributed by atoms with van der Waals surface area (Å²) >= 11 is 0. The lowest BCUT2D eigenvalue weighted by Crippen LogP contribution is -2.56. The molecule has 0 amide bonds. The lowest BCUT2D eigenvalue weighted by molar-refractivity contribution is 0.0263. The van der Waals surface area contributed by atoms with E-state index in [0.717, 1.165) is 32.1 Å². The van der Waals surface area contributed by atoms with E-state index in [4.69, 9.17) is 0 Å². The number of benzene rings is 1. The number of hydrogen-bond donors (Lipinski definition) is 1. The SMILES string of the molecule is OCCC1CN(Cc2cccc(F)c2F)CCN1C1CCCC1. The van der Waals surface area contributed by atoms with Crippen LogP contribution in [-0.4, -0.2) is 53.2 Å². The Morgan fingerprint density at radius 3 is 2.65 bits per heavy atom. The van der Waals surface area contributed by atoms with Gasteiger partial charge in [0.15, 0.2) is 11.6 Å². The number of nitrogens with zero attached hydrogens (tertiary/aromatic N) is 2. The van der Waals surface area contributed by atoms with Gasteiger partial charge in [-0.3, -0.25) is 9.80 Å². The summed E-state index contributed by atoms with van der Waals surface area (Å²) in [7, 11) is 0. The van der Waals surface area contributed by atoms with Crippen LogP contribution in [0.3, 0.4) is 0 Å². The smallest absolute Gasteiger partial charge is 0.163 e. The van der Waals surface area contributed by atoms with E-state index >= 15 is 0 Å². The normalized spacial score (nSPS) is 24.4. The maximum atomic E-state index is 13.9. The van der Waals surface area contributed by atoms with E-state index in [2.05, 4.69) is 9.80 Å². The standard InChI is InChI=1S/C18H26F2N2O/c19-17-7-3-4-14(18(17)20)12-21-9-10-22(15-5-1-2-6-15)16(13-21)8-11-23/h3-4,7,15-16,23H,1-2,5-6,8-13H2. The van der Waals surface area contributed by atoms with Gasteiger partial charge < -0.3 is 5.11 Å². The third-order valence-electron chi connectivity index (χ3n) is 5.29. The van der Waals surface area contributed by atoms with Gasteiger partial charge in [0.1, 0.15) is 0 Å². The first-order valence-corrected chi connectivity index (χ1v) is 8.71. The Morgan fingerprint density at radius 1 is 1.13 bits per heavy atom. The molecule has 0 aromatic heterocycles. The summed E-state index contributed by atoms with van der Waals surface area (Å²) in [5.74, 6) is -1.51. The van der Waals surface area contributed by atoms with Crippen molar-refractivity contribution in [1.82, 2.24) is 9.80 Å². The van der Waals surface area contributed by atoms with Crippen molar-refractivity contribution < 1.29 is 13.9 Å². The Hall–Kier alpha value is -1.04. The highest BCUT2D eigenvalue weighted by Crippen LogP contribution is 2.28. The van der Waals surface area contributed by atoms with Gasteiger partial charge in [0.05, 0.1) is 0 Å². The molecular formula is C18H26F2N2O. The van der Waals surface area contributed by atoms with E-state index in [1.807, 2.05) is 0 Å². The fourth-order valence-electron chi connectivity index (χ4n) is 4.11. The van der Waals surface area contributed by atoms with Crippen molar-refractivity contribution in [2.24, 2.45) is 0 Å². The van der Waals surface area contributed by atoms with E-state index in [9.17, 15) is 13.9 Å². The van der Waals surface area contributed by atoms with Crippen LogP contribution >= 0.6 is 0 Å². The number of rotatable bonds is 5. The topological polar surface area (TPSA) is 26.7 Å². The van der Waals surface area contributed by atoms with E-state index in [-0.39, 0.29) is 6.61 Å². The van der Waals surface area contributed by atoms with Gasteiger partial charge >= 0.3 is 0 Å². The molecule has 2 aliphatic rings. The maximum Gasteiger partial charge on any atom is 0.163 e. The first kappa shape index (κ1) is 16.8. The summed E-state index contributed by atoms with van der Waals surface area (Å²) in [6.45, 7) is 3.24. The predicted molar refractivity (Wildman–Crippen MR) is 86.1 cm³/mol. The first-order chi connectivity index (χ1) is 11.2. The van der Waals surface area contributed by atoms with Crippen LogP contribution in [0, 0.1) is 11.6 Å². The van der Waals surface area contributed by atoms with Crippen LogP contribution in [0.1, 0.15) is 37.7 Å². The van der Waals surface area contributed by atoms with E-state index < -0.39 is 11.6 Å². The minimum absolute atomic E-state index is 0.177. The van der Waals surface area contributed by atoms with E-state index in [1.54, 1.807) is 12.1 Å². The van der Waals surface area contributed by atoms with Crippen molar-refractivity contribution in [3.05, 3.63) is 35.4 Å². The zero-order chi connectivity index (χ0) is 16.2. The van der Waals surface area contributed by atoms with Gasteiger partial charge in [-0.25, -0.2) is 8.78 Å². The molecule has 1 heterocycles.